The van der Waals surface area contributed by atoms with E-state index in [0.717, 1.165) is 6.42 Å². The Morgan fingerprint density at radius 3 is 2.29 bits per heavy atom. The quantitative estimate of drug-likeness (QED) is 0.285. The van der Waals surface area contributed by atoms with Gasteiger partial charge in [0.1, 0.15) is 6.10 Å². The number of hydrogen-bond donors (Lipinski definition) is 1. The van der Waals surface area contributed by atoms with Crippen molar-refractivity contribution in [2.24, 2.45) is 17.3 Å². The summed E-state index contributed by atoms with van der Waals surface area (Å²) in [5, 5.41) is 11.2. The third kappa shape index (κ3) is 7.97. The number of rotatable bonds is 10. The van der Waals surface area contributed by atoms with Crippen LogP contribution in [-0.2, 0) is 23.4 Å². The van der Waals surface area contributed by atoms with Gasteiger partial charge < -0.3 is 23.7 Å². The van der Waals surface area contributed by atoms with Gasteiger partial charge in [0, 0.05) is 13.5 Å². The van der Waals surface area contributed by atoms with Crippen LogP contribution in [0.15, 0.2) is 12.7 Å². The predicted octanol–water partition coefficient (Wildman–Crippen LogP) is 4.92. The first kappa shape index (κ1) is 28.3. The number of methoxy groups -OCH3 is 1. The van der Waals surface area contributed by atoms with Gasteiger partial charge in [-0.1, -0.05) is 33.8 Å². The Balaban J connectivity index is 2.86. The SMILES string of the molecule is C=C[C@@H](O[Si](C)(C)C(C)(C)C)[C@H](O)[C@H]1O[C@@H](OC)C[C@H]1C[C@@H](C)COC(=O)C(C)(C)C. The third-order valence-corrected chi connectivity index (χ3v) is 11.0. The number of carbonyl (C=O) groups excluding carboxylic acids is 1. The maximum absolute atomic E-state index is 12.1. The standard InChI is InChI=1S/C24H46O6Si/c1-12-18(30-31(10,11)24(6,7)8)20(25)21-17(14-19(27-9)29-21)13-16(2)15-28-22(26)23(3,4)5/h12,16-21,25H,1,13-15H2,2-11H3/t16-,17-,18-,19-,20+,21+/m1/s1. The summed E-state index contributed by atoms with van der Waals surface area (Å²) in [4.78, 5) is 12.1. The van der Waals surface area contributed by atoms with Gasteiger partial charge in [0.25, 0.3) is 0 Å². The van der Waals surface area contributed by atoms with Gasteiger partial charge in [0.15, 0.2) is 14.6 Å². The van der Waals surface area contributed by atoms with E-state index >= 15 is 0 Å². The zero-order valence-corrected chi connectivity index (χ0v) is 22.4. The normalized spacial score (nSPS) is 25.7. The number of ether oxygens (including phenoxy) is 3. The monoisotopic (exact) mass is 458 g/mol. The molecule has 0 aromatic heterocycles. The van der Waals surface area contributed by atoms with Gasteiger partial charge in [0.2, 0.25) is 0 Å². The molecule has 6 nitrogen and oxygen atoms in total. The van der Waals surface area contributed by atoms with Crippen molar-refractivity contribution in [3.8, 4) is 0 Å². The van der Waals surface area contributed by atoms with Crippen LogP contribution in [-0.4, -0.2) is 57.7 Å². The number of esters is 1. The average molecular weight is 459 g/mol. The molecule has 1 N–H and O–H groups in total. The van der Waals surface area contributed by atoms with Crippen molar-refractivity contribution < 1.29 is 28.5 Å². The maximum Gasteiger partial charge on any atom is 0.311 e. The second-order valence-corrected chi connectivity index (χ2v) is 16.3. The summed E-state index contributed by atoms with van der Waals surface area (Å²) in [6, 6.07) is 0. The summed E-state index contributed by atoms with van der Waals surface area (Å²) >= 11 is 0. The van der Waals surface area contributed by atoms with Gasteiger partial charge in [-0.2, -0.15) is 0 Å². The molecular weight excluding hydrogens is 412 g/mol. The fourth-order valence-corrected chi connectivity index (χ4v) is 4.71. The van der Waals surface area contributed by atoms with E-state index in [0.29, 0.717) is 13.0 Å². The summed E-state index contributed by atoms with van der Waals surface area (Å²) in [6.07, 6.45) is 0.952. The van der Waals surface area contributed by atoms with Crippen LogP contribution >= 0.6 is 0 Å². The van der Waals surface area contributed by atoms with Crippen LogP contribution in [0.5, 0.6) is 0 Å². The van der Waals surface area contributed by atoms with Gasteiger partial charge in [-0.05, 0) is 57.2 Å². The molecule has 0 aromatic carbocycles. The second-order valence-electron chi connectivity index (χ2n) is 11.5. The van der Waals surface area contributed by atoms with Crippen LogP contribution < -0.4 is 0 Å². The number of aliphatic hydroxyl groups is 1. The Morgan fingerprint density at radius 1 is 1.26 bits per heavy atom. The van der Waals surface area contributed by atoms with Crippen molar-refractivity contribution in [3.63, 3.8) is 0 Å². The van der Waals surface area contributed by atoms with Crippen LogP contribution in [0.1, 0.15) is 61.3 Å². The predicted molar refractivity (Wildman–Crippen MR) is 126 cm³/mol. The van der Waals surface area contributed by atoms with Gasteiger partial charge in [-0.15, -0.1) is 6.58 Å². The Bertz CT molecular complexity index is 592. The van der Waals surface area contributed by atoms with Gasteiger partial charge >= 0.3 is 5.97 Å². The largest absolute Gasteiger partial charge is 0.465 e. The average Bonchev–Trinajstić information content (AvgIpc) is 3.04. The van der Waals surface area contributed by atoms with E-state index < -0.39 is 32.0 Å². The van der Waals surface area contributed by atoms with Crippen LogP contribution in [0.25, 0.3) is 0 Å². The number of aliphatic hydroxyl groups excluding tert-OH is 1. The molecule has 6 atom stereocenters. The zero-order chi connectivity index (χ0) is 24.2. The first-order valence-corrected chi connectivity index (χ1v) is 14.3. The molecule has 1 fully saturated rings. The molecule has 1 rings (SSSR count). The van der Waals surface area contributed by atoms with Crippen molar-refractivity contribution in [3.05, 3.63) is 12.7 Å². The molecule has 1 saturated heterocycles. The molecule has 0 aliphatic carbocycles. The van der Waals surface area contributed by atoms with E-state index in [-0.39, 0.29) is 29.1 Å². The molecule has 0 spiro atoms. The third-order valence-electron chi connectivity index (χ3n) is 6.49. The highest BCUT2D eigenvalue weighted by Crippen LogP contribution is 2.40. The zero-order valence-electron chi connectivity index (χ0n) is 21.4. The van der Waals surface area contributed by atoms with Crippen molar-refractivity contribution in [2.45, 2.75) is 104 Å². The van der Waals surface area contributed by atoms with Crippen molar-refractivity contribution >= 4 is 14.3 Å². The smallest absolute Gasteiger partial charge is 0.311 e. The van der Waals surface area contributed by atoms with Crippen molar-refractivity contribution in [1.29, 1.82) is 0 Å². The van der Waals surface area contributed by atoms with E-state index in [1.807, 2.05) is 20.8 Å². The molecule has 182 valence electrons. The van der Waals surface area contributed by atoms with Gasteiger partial charge in [-0.25, -0.2) is 0 Å². The lowest BCUT2D eigenvalue weighted by molar-refractivity contribution is -0.155. The van der Waals surface area contributed by atoms with Crippen LogP contribution in [0.4, 0.5) is 0 Å². The maximum atomic E-state index is 12.1. The minimum Gasteiger partial charge on any atom is -0.465 e. The molecule has 31 heavy (non-hydrogen) atoms. The highest BCUT2D eigenvalue weighted by atomic mass is 28.4. The lowest BCUT2D eigenvalue weighted by Gasteiger charge is -2.41. The summed E-state index contributed by atoms with van der Waals surface area (Å²) in [7, 11) is -0.488. The molecule has 1 heterocycles. The Morgan fingerprint density at radius 2 is 1.84 bits per heavy atom. The van der Waals surface area contributed by atoms with Crippen LogP contribution in [0, 0.1) is 17.3 Å². The highest BCUT2D eigenvalue weighted by molar-refractivity contribution is 6.74. The molecule has 1 aliphatic rings. The molecule has 0 bridgehead atoms. The molecule has 0 saturated carbocycles. The Hall–Kier alpha value is -0.733. The first-order chi connectivity index (χ1) is 14.0. The molecular formula is C24H46O6Si. The number of carbonyl (C=O) groups is 1. The fraction of sp³-hybridized carbons (Fsp3) is 0.875. The second kappa shape index (κ2) is 10.9. The van der Waals surface area contributed by atoms with E-state index in [1.54, 1.807) is 13.2 Å². The molecule has 0 amide bonds. The van der Waals surface area contributed by atoms with Crippen molar-refractivity contribution in [2.75, 3.05) is 13.7 Å². The van der Waals surface area contributed by atoms with Gasteiger partial charge in [-0.3, -0.25) is 4.79 Å². The summed E-state index contributed by atoms with van der Waals surface area (Å²) in [5.41, 5.74) is -0.520. The van der Waals surface area contributed by atoms with E-state index in [2.05, 4.69) is 47.4 Å². The Labute approximate surface area is 190 Å². The van der Waals surface area contributed by atoms with Gasteiger partial charge in [0.05, 0.1) is 24.2 Å². The van der Waals surface area contributed by atoms with Crippen molar-refractivity contribution in [1.82, 2.24) is 0 Å². The van der Waals surface area contributed by atoms with Crippen LogP contribution in [0.2, 0.25) is 18.1 Å². The lowest BCUT2D eigenvalue weighted by atomic mass is 9.86. The van der Waals surface area contributed by atoms with Crippen LogP contribution in [0.3, 0.4) is 0 Å². The molecule has 0 radical (unpaired) electrons. The lowest BCUT2D eigenvalue weighted by Crippen LogP contribution is -2.50. The topological polar surface area (TPSA) is 74.2 Å². The first-order valence-electron chi connectivity index (χ1n) is 11.4. The minimum absolute atomic E-state index is 0.0183. The molecule has 1 aliphatic heterocycles. The fourth-order valence-electron chi connectivity index (χ4n) is 3.45. The summed E-state index contributed by atoms with van der Waals surface area (Å²) in [5.74, 6) is -0.00897. The molecule has 0 aromatic rings. The summed E-state index contributed by atoms with van der Waals surface area (Å²) in [6.45, 7) is 22.7. The van der Waals surface area contributed by atoms with E-state index in [9.17, 15) is 9.90 Å². The number of hydrogen-bond acceptors (Lipinski definition) is 6. The Kier molecular flexibility index (Phi) is 9.97. The minimum atomic E-state index is -2.10. The summed E-state index contributed by atoms with van der Waals surface area (Å²) < 4.78 is 23.4. The van der Waals surface area contributed by atoms with E-state index in [4.69, 9.17) is 18.6 Å². The molecule has 0 unspecified atom stereocenters. The molecule has 7 heteroatoms. The highest BCUT2D eigenvalue weighted by Gasteiger charge is 2.46. The van der Waals surface area contributed by atoms with E-state index in [1.165, 1.54) is 0 Å².